The Morgan fingerprint density at radius 3 is 2.74 bits per heavy atom. The highest BCUT2D eigenvalue weighted by Crippen LogP contribution is 2.23. The third-order valence-corrected chi connectivity index (χ3v) is 2.83. The maximum absolute atomic E-state index is 11.3. The Labute approximate surface area is 112 Å². The summed E-state index contributed by atoms with van der Waals surface area (Å²) in [7, 11) is 1.38. The number of rotatable bonds is 5. The minimum atomic E-state index is -0.285. The summed E-state index contributed by atoms with van der Waals surface area (Å²) in [6.45, 7) is 0.161. The van der Waals surface area contributed by atoms with Gasteiger partial charge in [-0.25, -0.2) is 0 Å². The molecule has 0 saturated carbocycles. The highest BCUT2D eigenvalue weighted by Gasteiger charge is 2.16. The van der Waals surface area contributed by atoms with Crippen LogP contribution in [0.5, 0.6) is 0 Å². The third kappa shape index (κ3) is 3.57. The van der Waals surface area contributed by atoms with E-state index in [4.69, 9.17) is 0 Å². The van der Waals surface area contributed by atoms with E-state index in [1.54, 1.807) is 0 Å². The zero-order valence-corrected chi connectivity index (χ0v) is 10.7. The van der Waals surface area contributed by atoms with Crippen LogP contribution in [0.1, 0.15) is 11.6 Å². The Morgan fingerprint density at radius 1 is 1.32 bits per heavy atom. The van der Waals surface area contributed by atoms with E-state index in [2.05, 4.69) is 21.5 Å². The molecular weight excluding hydrogens is 238 g/mol. The van der Waals surface area contributed by atoms with Gasteiger partial charge in [-0.3, -0.25) is 10.1 Å². The zero-order chi connectivity index (χ0) is 13.5. The van der Waals surface area contributed by atoms with Crippen LogP contribution >= 0.6 is 0 Å². The van der Waals surface area contributed by atoms with Crippen LogP contribution in [0.3, 0.4) is 0 Å². The van der Waals surface area contributed by atoms with Crippen molar-refractivity contribution in [3.8, 4) is 0 Å². The summed E-state index contributed by atoms with van der Waals surface area (Å²) in [5, 5.41) is 3.19. The second-order valence-corrected chi connectivity index (χ2v) is 4.07. The topological polar surface area (TPSA) is 38.3 Å². The van der Waals surface area contributed by atoms with Crippen LogP contribution in [-0.4, -0.2) is 19.6 Å². The molecule has 0 aliphatic heterocycles. The molecule has 0 fully saturated rings. The predicted molar refractivity (Wildman–Crippen MR) is 73.5 cm³/mol. The monoisotopic (exact) mass is 253 g/mol. The van der Waals surface area contributed by atoms with E-state index in [-0.39, 0.29) is 18.6 Å². The minimum Gasteiger partial charge on any atom is -0.468 e. The number of hydrogen-bond donors (Lipinski definition) is 1. The van der Waals surface area contributed by atoms with Gasteiger partial charge in [0.05, 0.1) is 19.7 Å². The Hall–Kier alpha value is -2.31. The van der Waals surface area contributed by atoms with Crippen molar-refractivity contribution in [3.63, 3.8) is 0 Å². The van der Waals surface area contributed by atoms with Crippen LogP contribution in [0.15, 0.2) is 65.6 Å². The Kier molecular flexibility index (Phi) is 4.54. The number of methoxy groups -OCH3 is 1. The van der Waals surface area contributed by atoms with Gasteiger partial charge in [0, 0.05) is 0 Å². The smallest absolute Gasteiger partial charge is 0.319 e. The van der Waals surface area contributed by atoms with Gasteiger partial charge in [-0.05, 0) is 29.4 Å². The molecule has 1 atom stereocenters. The fourth-order valence-corrected chi connectivity index (χ4v) is 1.87. The number of hydrogen-bond acceptors (Lipinski definition) is 3. The molecule has 0 radical (unpaired) electrons. The first-order valence-electron chi connectivity index (χ1n) is 6.04. The van der Waals surface area contributed by atoms with Crippen LogP contribution in [0.25, 0.3) is 0 Å². The third-order valence-electron chi connectivity index (χ3n) is 2.83. The molecule has 1 aliphatic carbocycles. The van der Waals surface area contributed by atoms with Gasteiger partial charge in [0.1, 0.15) is 0 Å². The van der Waals surface area contributed by atoms with E-state index in [1.807, 2.05) is 48.6 Å². The highest BCUT2D eigenvalue weighted by atomic mass is 16.5. The Balaban J connectivity index is 2.19. The molecule has 1 aromatic carbocycles. The number of nitrogens with one attached hydrogen (secondary N) is 1. The largest absolute Gasteiger partial charge is 0.468 e. The van der Waals surface area contributed by atoms with Crippen LogP contribution in [0, 0.1) is 0 Å². The molecule has 0 saturated heterocycles. The maximum atomic E-state index is 11.3. The minimum absolute atomic E-state index is 0.0638. The lowest BCUT2D eigenvalue weighted by atomic mass is 9.97. The molecule has 0 aromatic heterocycles. The summed E-state index contributed by atoms with van der Waals surface area (Å²) in [5.41, 5.74) is 7.93. The second kappa shape index (κ2) is 6.58. The van der Waals surface area contributed by atoms with Crippen molar-refractivity contribution in [2.24, 2.45) is 0 Å². The second-order valence-electron chi connectivity index (χ2n) is 4.07. The van der Waals surface area contributed by atoms with Crippen molar-refractivity contribution in [1.82, 2.24) is 5.32 Å². The van der Waals surface area contributed by atoms with Gasteiger partial charge in [-0.2, -0.15) is 0 Å². The summed E-state index contributed by atoms with van der Waals surface area (Å²) in [6.07, 6.45) is 5.63. The molecule has 2 rings (SSSR count). The average molecular weight is 253 g/mol. The molecule has 96 valence electrons. The van der Waals surface area contributed by atoms with Crippen LogP contribution in [0.4, 0.5) is 0 Å². The number of benzene rings is 1. The Bertz CT molecular complexity index is 574. The molecule has 3 nitrogen and oxygen atoms in total. The molecular formula is C16H15NO2. The zero-order valence-electron chi connectivity index (χ0n) is 10.7. The maximum Gasteiger partial charge on any atom is 0.319 e. The molecule has 3 heteroatoms. The first-order valence-corrected chi connectivity index (χ1v) is 6.04. The lowest BCUT2D eigenvalue weighted by Crippen LogP contribution is -2.29. The lowest BCUT2D eigenvalue weighted by molar-refractivity contribution is -0.139. The first kappa shape index (κ1) is 13.1. The van der Waals surface area contributed by atoms with Gasteiger partial charge in [0.15, 0.2) is 0 Å². The van der Waals surface area contributed by atoms with Crippen molar-refractivity contribution >= 4 is 5.97 Å². The van der Waals surface area contributed by atoms with Crippen molar-refractivity contribution in [3.05, 3.63) is 71.2 Å². The number of carbonyl (C=O) groups is 1. The van der Waals surface area contributed by atoms with Crippen LogP contribution < -0.4 is 5.32 Å². The van der Waals surface area contributed by atoms with Gasteiger partial charge in [0.2, 0.25) is 0 Å². The molecule has 1 N–H and O–H groups in total. The molecule has 0 bridgehead atoms. The fraction of sp³-hybridized carbons (Fsp3) is 0.188. The average Bonchev–Trinajstić information content (AvgIpc) is 2.49. The van der Waals surface area contributed by atoms with E-state index < -0.39 is 0 Å². The number of esters is 1. The van der Waals surface area contributed by atoms with E-state index in [9.17, 15) is 4.79 Å². The summed E-state index contributed by atoms with van der Waals surface area (Å²) in [5.74, 6) is -0.285. The number of allylic oxidation sites excluding steroid dienone is 2. The van der Waals surface area contributed by atoms with E-state index in [1.165, 1.54) is 7.11 Å². The van der Waals surface area contributed by atoms with E-state index in [0.717, 1.165) is 11.1 Å². The van der Waals surface area contributed by atoms with Crippen molar-refractivity contribution in [2.45, 2.75) is 6.04 Å². The summed E-state index contributed by atoms with van der Waals surface area (Å²) >= 11 is 0. The normalized spacial score (nSPS) is 14.1. The SMILES string of the molecule is COC(=O)CN[C@H](C1=CC=C=C=C1)c1ccccc1. The first-order chi connectivity index (χ1) is 9.31. The van der Waals surface area contributed by atoms with Gasteiger partial charge >= 0.3 is 5.97 Å². The predicted octanol–water partition coefficient (Wildman–Crippen LogP) is 2.30. The van der Waals surface area contributed by atoms with Gasteiger partial charge in [-0.1, -0.05) is 41.8 Å². The quantitative estimate of drug-likeness (QED) is 0.646. The van der Waals surface area contributed by atoms with Crippen molar-refractivity contribution in [1.29, 1.82) is 0 Å². The number of ether oxygens (including phenoxy) is 1. The fourth-order valence-electron chi connectivity index (χ4n) is 1.87. The van der Waals surface area contributed by atoms with Crippen molar-refractivity contribution in [2.75, 3.05) is 13.7 Å². The Morgan fingerprint density at radius 2 is 2.11 bits per heavy atom. The molecule has 0 heterocycles. The molecule has 0 unspecified atom stereocenters. The standard InChI is InChI=1S/C16H15NO2/c1-19-15(18)12-17-16(13-8-4-2-5-9-13)14-10-6-3-7-11-14/h2,4-6,8-11,16-17H,12H2,1H3/t16-/m0/s1. The summed E-state index contributed by atoms with van der Waals surface area (Å²) < 4.78 is 4.66. The van der Waals surface area contributed by atoms with Crippen LogP contribution in [-0.2, 0) is 9.53 Å². The molecule has 0 amide bonds. The molecule has 1 aliphatic rings. The summed E-state index contributed by atoms with van der Waals surface area (Å²) in [6, 6.07) is 9.89. The summed E-state index contributed by atoms with van der Waals surface area (Å²) in [4.78, 5) is 11.3. The molecule has 0 spiro atoms. The van der Waals surface area contributed by atoms with Crippen LogP contribution in [0.2, 0.25) is 0 Å². The number of carbonyl (C=O) groups excluding carboxylic acids is 1. The highest BCUT2D eigenvalue weighted by molar-refractivity contribution is 5.71. The van der Waals surface area contributed by atoms with Crippen molar-refractivity contribution < 1.29 is 9.53 Å². The van der Waals surface area contributed by atoms with Gasteiger partial charge in [-0.15, -0.1) is 0 Å². The van der Waals surface area contributed by atoms with Gasteiger partial charge < -0.3 is 4.74 Å². The van der Waals surface area contributed by atoms with E-state index >= 15 is 0 Å². The molecule has 19 heavy (non-hydrogen) atoms. The molecule has 1 aromatic rings. The van der Waals surface area contributed by atoms with E-state index in [0.29, 0.717) is 0 Å². The lowest BCUT2D eigenvalue weighted by Gasteiger charge is -2.19. The van der Waals surface area contributed by atoms with Gasteiger partial charge in [0.25, 0.3) is 0 Å².